The Morgan fingerprint density at radius 3 is 2.44 bits per heavy atom. The molecule has 1 saturated carbocycles. The van der Waals surface area contributed by atoms with Crippen molar-refractivity contribution in [1.29, 1.82) is 0 Å². The minimum Gasteiger partial charge on any atom is -0.506 e. The average Bonchev–Trinajstić information content (AvgIpc) is 3.25. The second-order valence-electron chi connectivity index (χ2n) is 15.6. The number of ether oxygens (including phenoxy) is 1. The zero-order valence-corrected chi connectivity index (χ0v) is 34.4. The predicted octanol–water partition coefficient (Wildman–Crippen LogP) is 6.74. The number of carbonyl (C=O) groups is 1. The summed E-state index contributed by atoms with van der Waals surface area (Å²) in [6.45, 7) is 8.97. The fraction of sp³-hybridized carbons (Fsp3) is 0.348. The number of H-pyrrole nitrogens is 1. The second-order valence-corrected chi connectivity index (χ2v) is 17.5. The molecule has 0 spiro atoms. The summed E-state index contributed by atoms with van der Waals surface area (Å²) in [7, 11) is -3.81. The molecule has 1 aliphatic heterocycles. The van der Waals surface area contributed by atoms with Crippen LogP contribution in [-0.2, 0) is 21.2 Å². The Kier molecular flexibility index (Phi) is 13.3. The van der Waals surface area contributed by atoms with Crippen molar-refractivity contribution in [1.82, 2.24) is 20.1 Å². The minimum absolute atomic E-state index is 0.0683. The van der Waals surface area contributed by atoms with Crippen LogP contribution in [0.25, 0.3) is 10.9 Å². The number of amides is 1. The minimum atomic E-state index is -3.81. The molecule has 0 bridgehead atoms. The number of carbonyl (C=O) groups excluding carboxylic acids is 1. The number of aromatic nitrogens is 1. The third-order valence-electron chi connectivity index (χ3n) is 11.7. The molecule has 1 aromatic heterocycles. The third-order valence-corrected chi connectivity index (χ3v) is 13.5. The lowest BCUT2D eigenvalue weighted by atomic mass is 9.93. The van der Waals surface area contributed by atoms with E-state index in [-0.39, 0.29) is 45.0 Å². The lowest BCUT2D eigenvalue weighted by molar-refractivity contribution is -0.112. The number of fused-ring (bicyclic) bond motifs is 1. The number of phenols is 1. The van der Waals surface area contributed by atoms with E-state index in [0.29, 0.717) is 23.2 Å². The molecular formula is C46H53N5O7S. The first kappa shape index (κ1) is 41.8. The zero-order valence-electron chi connectivity index (χ0n) is 33.6. The van der Waals surface area contributed by atoms with Crippen molar-refractivity contribution in [3.8, 4) is 11.5 Å². The number of aliphatic hydroxyl groups excluding tert-OH is 1. The summed E-state index contributed by atoms with van der Waals surface area (Å²) < 4.78 is 32.9. The first-order valence-corrected chi connectivity index (χ1v) is 21.9. The van der Waals surface area contributed by atoms with E-state index in [1.54, 1.807) is 42.5 Å². The summed E-state index contributed by atoms with van der Waals surface area (Å²) in [4.78, 5) is 32.5. The first-order chi connectivity index (χ1) is 28.5. The van der Waals surface area contributed by atoms with Gasteiger partial charge in [0.1, 0.15) is 11.5 Å². The van der Waals surface area contributed by atoms with Gasteiger partial charge in [-0.3, -0.25) is 19.4 Å². The van der Waals surface area contributed by atoms with Crippen LogP contribution in [0.5, 0.6) is 11.5 Å². The van der Waals surface area contributed by atoms with Gasteiger partial charge in [-0.2, -0.15) is 0 Å². The normalized spacial score (nSPS) is 16.9. The molecule has 2 atom stereocenters. The van der Waals surface area contributed by atoms with Gasteiger partial charge in [0, 0.05) is 74.6 Å². The van der Waals surface area contributed by atoms with Crippen molar-refractivity contribution < 1.29 is 28.2 Å². The number of pyridine rings is 1. The second kappa shape index (κ2) is 18.7. The first-order valence-electron chi connectivity index (χ1n) is 20.4. The number of rotatable bonds is 14. The van der Waals surface area contributed by atoms with Crippen LogP contribution in [0.4, 0.5) is 5.69 Å². The van der Waals surface area contributed by atoms with Crippen LogP contribution in [0.3, 0.4) is 0 Å². The Balaban J connectivity index is 0.882. The fourth-order valence-electron chi connectivity index (χ4n) is 8.26. The van der Waals surface area contributed by atoms with Gasteiger partial charge in [-0.25, -0.2) is 8.42 Å². The van der Waals surface area contributed by atoms with Gasteiger partial charge in [0.25, 0.3) is 5.91 Å². The Bertz CT molecular complexity index is 2450. The van der Waals surface area contributed by atoms with E-state index in [4.69, 9.17) is 4.74 Å². The summed E-state index contributed by atoms with van der Waals surface area (Å²) in [5.41, 5.74) is 4.06. The number of nitrogens with one attached hydrogen (secondary N) is 3. The van der Waals surface area contributed by atoms with Crippen molar-refractivity contribution in [3.05, 3.63) is 136 Å². The number of aryl methyl sites for hydroxylation is 1. The summed E-state index contributed by atoms with van der Waals surface area (Å²) in [5, 5.41) is 27.6. The molecule has 0 unspecified atom stereocenters. The van der Waals surface area contributed by atoms with Gasteiger partial charge in [-0.05, 0) is 104 Å². The molecule has 0 radical (unpaired) electrons. The number of aliphatic hydroxyl groups is 1. The molecule has 12 nitrogen and oxygen atoms in total. The van der Waals surface area contributed by atoms with E-state index in [2.05, 4.69) is 32.3 Å². The maximum Gasteiger partial charge on any atom is 0.251 e. The molecule has 2 fully saturated rings. The van der Waals surface area contributed by atoms with Crippen molar-refractivity contribution in [3.63, 3.8) is 0 Å². The standard InChI is InChI=1S/C46H53N5O7S/c1-31-27-35(14-11-34(31)29-47-30-43(53)40-17-19-42(52)46-41(40)18-20-44(54)49-46)48-45(55)21-26-58-37-9-6-10-39(28-37)59(56,57)38-15-12-33(13-16-38)32(2)50-22-24-51(25-23-50)36-7-4-3-5-8-36/h6,9-21,26-28,32,36,43,47,52-53H,3-5,7-8,22-25,29-30H2,1-2H3,(H,48,55)(H,49,54)/t32-,43-/m0/s1. The van der Waals surface area contributed by atoms with Crippen molar-refractivity contribution in [2.24, 2.45) is 0 Å². The fourth-order valence-corrected chi connectivity index (χ4v) is 9.55. The average molecular weight is 820 g/mol. The SMILES string of the molecule is Cc1cc(NC(=O)C=COc2cccc(S(=O)(=O)c3ccc([C@H](C)N4CCN(C5CCCCC5)CC4)cc3)c2)ccc1CNC[C@H](O)c1ccc(O)c2[nH]c(=O)ccc12. The van der Waals surface area contributed by atoms with Gasteiger partial charge in [0.2, 0.25) is 15.4 Å². The highest BCUT2D eigenvalue weighted by Gasteiger charge is 2.28. The van der Waals surface area contributed by atoms with E-state index in [9.17, 15) is 28.2 Å². The molecule has 2 aliphatic rings. The monoisotopic (exact) mass is 819 g/mol. The van der Waals surface area contributed by atoms with Gasteiger partial charge >= 0.3 is 0 Å². The molecular weight excluding hydrogens is 767 g/mol. The maximum atomic E-state index is 13.6. The maximum absolute atomic E-state index is 13.6. The molecule has 13 heteroatoms. The van der Waals surface area contributed by atoms with E-state index in [1.807, 2.05) is 31.2 Å². The van der Waals surface area contributed by atoms with Crippen LogP contribution < -0.4 is 20.9 Å². The Morgan fingerprint density at radius 2 is 1.69 bits per heavy atom. The van der Waals surface area contributed by atoms with Crippen LogP contribution in [0.1, 0.15) is 73.4 Å². The highest BCUT2D eigenvalue weighted by atomic mass is 32.2. The number of aromatic hydroxyl groups is 1. The van der Waals surface area contributed by atoms with Gasteiger partial charge in [0.05, 0.1) is 27.7 Å². The molecule has 5 aromatic rings. The topological polar surface area (TPSA) is 164 Å². The molecule has 1 saturated heterocycles. The molecule has 2 heterocycles. The van der Waals surface area contributed by atoms with E-state index < -0.39 is 21.8 Å². The van der Waals surface area contributed by atoms with Crippen LogP contribution in [-0.4, -0.2) is 78.1 Å². The molecule has 1 aliphatic carbocycles. The van der Waals surface area contributed by atoms with Crippen molar-refractivity contribution in [2.45, 2.75) is 80.5 Å². The van der Waals surface area contributed by atoms with Crippen LogP contribution in [0.15, 0.2) is 118 Å². The van der Waals surface area contributed by atoms with Crippen LogP contribution in [0.2, 0.25) is 0 Å². The Labute approximate surface area is 345 Å². The van der Waals surface area contributed by atoms with Gasteiger partial charge in [-0.1, -0.05) is 49.6 Å². The number of nitrogens with zero attached hydrogens (tertiary/aromatic N) is 2. The van der Waals surface area contributed by atoms with Gasteiger partial charge in [-0.15, -0.1) is 0 Å². The van der Waals surface area contributed by atoms with Gasteiger partial charge < -0.3 is 30.6 Å². The zero-order chi connectivity index (χ0) is 41.5. The quantitative estimate of drug-likeness (QED) is 0.0599. The molecule has 310 valence electrons. The van der Waals surface area contributed by atoms with E-state index >= 15 is 0 Å². The molecule has 1 amide bonds. The van der Waals surface area contributed by atoms with Gasteiger partial charge in [0.15, 0.2) is 0 Å². The third kappa shape index (κ3) is 10.1. The number of hydrogen-bond acceptors (Lipinski definition) is 10. The summed E-state index contributed by atoms with van der Waals surface area (Å²) in [6, 6.07) is 25.8. The number of sulfone groups is 1. The summed E-state index contributed by atoms with van der Waals surface area (Å²) in [5.74, 6) is -0.217. The van der Waals surface area contributed by atoms with Crippen molar-refractivity contribution >= 4 is 32.3 Å². The largest absolute Gasteiger partial charge is 0.506 e. The molecule has 4 aromatic carbocycles. The van der Waals surface area contributed by atoms with Crippen LogP contribution >= 0.6 is 0 Å². The van der Waals surface area contributed by atoms with E-state index in [1.165, 1.54) is 68.7 Å². The summed E-state index contributed by atoms with van der Waals surface area (Å²) >= 11 is 0. The number of benzene rings is 4. The lowest BCUT2D eigenvalue weighted by Gasteiger charge is -2.42. The van der Waals surface area contributed by atoms with Crippen molar-refractivity contribution in [2.75, 3.05) is 38.0 Å². The number of hydrogen-bond donors (Lipinski definition) is 5. The Morgan fingerprint density at radius 1 is 0.932 bits per heavy atom. The Hall–Kier alpha value is -5.31. The molecule has 7 rings (SSSR count). The number of anilines is 1. The van der Waals surface area contributed by atoms with Crippen LogP contribution in [0, 0.1) is 6.92 Å². The molecule has 59 heavy (non-hydrogen) atoms. The smallest absolute Gasteiger partial charge is 0.251 e. The highest BCUT2D eigenvalue weighted by molar-refractivity contribution is 7.91. The number of aromatic amines is 1. The summed E-state index contributed by atoms with van der Waals surface area (Å²) in [6.07, 6.45) is 8.24. The predicted molar refractivity (Wildman–Crippen MR) is 229 cm³/mol. The number of piperazine rings is 1. The number of phenolic OH excluding ortho intramolecular Hbond substituents is 1. The lowest BCUT2D eigenvalue weighted by Crippen LogP contribution is -2.51. The van der Waals surface area contributed by atoms with E-state index in [0.717, 1.165) is 48.9 Å². The highest BCUT2D eigenvalue weighted by Crippen LogP contribution is 2.31. The molecule has 5 N–H and O–H groups in total.